The summed E-state index contributed by atoms with van der Waals surface area (Å²) in [5, 5.41) is 6.99. The van der Waals surface area contributed by atoms with Crippen LogP contribution in [-0.4, -0.2) is 32.3 Å². The Labute approximate surface area is 199 Å². The molecule has 1 N–H and O–H groups in total. The highest BCUT2D eigenvalue weighted by Crippen LogP contribution is 2.31. The molecule has 2 aromatic heterocycles. The third kappa shape index (κ3) is 4.64. The van der Waals surface area contributed by atoms with Crippen molar-refractivity contribution < 1.29 is 22.7 Å². The summed E-state index contributed by atoms with van der Waals surface area (Å²) in [6.07, 6.45) is 2.11. The van der Waals surface area contributed by atoms with Gasteiger partial charge in [-0.1, -0.05) is 18.2 Å². The van der Waals surface area contributed by atoms with E-state index in [1.165, 1.54) is 30.1 Å². The SMILES string of the molecule is COc1cn(-c2cccc(C(F)(F)F)c2)nc1C(=O)Nc1cccc(-c2cn3c(n2)CCCC3)c1. The Hall–Kier alpha value is -4.08. The largest absolute Gasteiger partial charge is 0.493 e. The molecule has 0 radical (unpaired) electrons. The lowest BCUT2D eigenvalue weighted by Crippen LogP contribution is -2.14. The fraction of sp³-hybridized carbons (Fsp3) is 0.240. The molecule has 7 nitrogen and oxygen atoms in total. The molecule has 35 heavy (non-hydrogen) atoms. The number of benzene rings is 2. The number of ether oxygens (including phenoxy) is 1. The Morgan fingerprint density at radius 1 is 1.09 bits per heavy atom. The smallest absolute Gasteiger partial charge is 0.416 e. The van der Waals surface area contributed by atoms with Crippen LogP contribution in [-0.2, 0) is 19.1 Å². The lowest BCUT2D eigenvalue weighted by Gasteiger charge is -2.11. The molecule has 0 fully saturated rings. The Bertz CT molecular complexity index is 1370. The van der Waals surface area contributed by atoms with E-state index < -0.39 is 17.6 Å². The highest BCUT2D eigenvalue weighted by atomic mass is 19.4. The summed E-state index contributed by atoms with van der Waals surface area (Å²) in [5.74, 6) is 0.650. The minimum absolute atomic E-state index is 0.0484. The first-order valence-electron chi connectivity index (χ1n) is 11.1. The number of aromatic nitrogens is 4. The van der Waals surface area contributed by atoms with Crippen LogP contribution >= 0.6 is 0 Å². The second-order valence-corrected chi connectivity index (χ2v) is 8.27. The number of halogens is 3. The van der Waals surface area contributed by atoms with Crippen molar-refractivity contribution in [2.75, 3.05) is 12.4 Å². The predicted octanol–water partition coefficient (Wildman–Crippen LogP) is 5.35. The number of nitrogens with zero attached hydrogens (tertiary/aromatic N) is 4. The Kier molecular flexibility index (Phi) is 5.80. The third-order valence-corrected chi connectivity index (χ3v) is 5.88. The van der Waals surface area contributed by atoms with E-state index in [2.05, 4.69) is 15.0 Å². The zero-order chi connectivity index (χ0) is 24.6. The molecule has 0 unspecified atom stereocenters. The quantitative estimate of drug-likeness (QED) is 0.417. The number of carbonyl (C=O) groups is 1. The molecule has 5 rings (SSSR count). The summed E-state index contributed by atoms with van der Waals surface area (Å²) in [4.78, 5) is 17.7. The van der Waals surface area contributed by atoms with Gasteiger partial charge in [0.05, 0.1) is 30.3 Å². The van der Waals surface area contributed by atoms with Gasteiger partial charge in [-0.2, -0.15) is 18.3 Å². The monoisotopic (exact) mass is 481 g/mol. The number of rotatable bonds is 5. The number of aryl methyl sites for hydroxylation is 2. The highest BCUT2D eigenvalue weighted by molar-refractivity contribution is 6.05. The summed E-state index contributed by atoms with van der Waals surface area (Å²) in [7, 11) is 1.37. The van der Waals surface area contributed by atoms with E-state index in [1.54, 1.807) is 6.07 Å². The van der Waals surface area contributed by atoms with E-state index in [9.17, 15) is 18.0 Å². The van der Waals surface area contributed by atoms with Gasteiger partial charge in [-0.05, 0) is 43.2 Å². The van der Waals surface area contributed by atoms with Crippen molar-refractivity contribution in [2.45, 2.75) is 32.0 Å². The number of anilines is 1. The van der Waals surface area contributed by atoms with E-state index in [-0.39, 0.29) is 17.1 Å². The molecule has 1 amide bonds. The standard InChI is InChI=1S/C25H22F3N5O2/c1-35-21-15-33(19-9-5-7-17(13-19)25(26,27)28)31-23(21)24(34)29-18-8-4-6-16(12-18)20-14-32-11-3-2-10-22(32)30-20/h4-9,12-15H,2-3,10-11H2,1H3,(H,29,34). The highest BCUT2D eigenvalue weighted by Gasteiger charge is 2.31. The van der Waals surface area contributed by atoms with E-state index in [1.807, 2.05) is 24.4 Å². The fourth-order valence-electron chi connectivity index (χ4n) is 4.12. The molecule has 0 bridgehead atoms. The van der Waals surface area contributed by atoms with Crippen molar-refractivity contribution in [3.63, 3.8) is 0 Å². The number of carbonyl (C=O) groups excluding carboxylic acids is 1. The minimum Gasteiger partial charge on any atom is -0.493 e. The summed E-state index contributed by atoms with van der Waals surface area (Å²) < 4.78 is 47.9. The number of amides is 1. The molecule has 10 heteroatoms. The van der Waals surface area contributed by atoms with E-state index in [0.29, 0.717) is 5.69 Å². The summed E-state index contributed by atoms with van der Waals surface area (Å²) in [5.41, 5.74) is 1.54. The van der Waals surface area contributed by atoms with Crippen molar-refractivity contribution >= 4 is 11.6 Å². The molecule has 0 saturated carbocycles. The van der Waals surface area contributed by atoms with E-state index in [0.717, 1.165) is 55.0 Å². The van der Waals surface area contributed by atoms with Gasteiger partial charge in [0.25, 0.3) is 5.91 Å². The molecular weight excluding hydrogens is 459 g/mol. The van der Waals surface area contributed by atoms with Gasteiger partial charge in [-0.25, -0.2) is 9.67 Å². The van der Waals surface area contributed by atoms with Crippen LogP contribution in [0.25, 0.3) is 16.9 Å². The second-order valence-electron chi connectivity index (χ2n) is 8.27. The molecular formula is C25H22F3N5O2. The van der Waals surface area contributed by atoms with Gasteiger partial charge in [0.2, 0.25) is 0 Å². The lowest BCUT2D eigenvalue weighted by atomic mass is 10.1. The van der Waals surface area contributed by atoms with Crippen molar-refractivity contribution in [3.05, 3.63) is 78.0 Å². The normalized spacial score (nSPS) is 13.4. The maximum Gasteiger partial charge on any atom is 0.416 e. The average molecular weight is 481 g/mol. The maximum atomic E-state index is 13.1. The first-order valence-corrected chi connectivity index (χ1v) is 11.1. The van der Waals surface area contributed by atoms with Crippen molar-refractivity contribution in [2.24, 2.45) is 0 Å². The maximum absolute atomic E-state index is 13.1. The van der Waals surface area contributed by atoms with Crippen molar-refractivity contribution in [1.29, 1.82) is 0 Å². The molecule has 1 aliphatic heterocycles. The number of methoxy groups -OCH3 is 1. The van der Waals surface area contributed by atoms with Crippen LogP contribution in [0.1, 0.15) is 34.7 Å². The number of alkyl halides is 3. The number of imidazole rings is 1. The summed E-state index contributed by atoms with van der Waals surface area (Å²) in [6.45, 7) is 0.951. The molecule has 180 valence electrons. The predicted molar refractivity (Wildman–Crippen MR) is 124 cm³/mol. The summed E-state index contributed by atoms with van der Waals surface area (Å²) in [6, 6.07) is 12.0. The Morgan fingerprint density at radius 3 is 2.69 bits per heavy atom. The third-order valence-electron chi connectivity index (χ3n) is 5.88. The van der Waals surface area contributed by atoms with Crippen LogP contribution in [0.5, 0.6) is 5.75 Å². The molecule has 0 spiro atoms. The van der Waals surface area contributed by atoms with E-state index >= 15 is 0 Å². The number of hydrogen-bond donors (Lipinski definition) is 1. The molecule has 0 aliphatic carbocycles. The van der Waals surface area contributed by atoms with Crippen LogP contribution in [0.4, 0.5) is 18.9 Å². The van der Waals surface area contributed by atoms with Gasteiger partial charge >= 0.3 is 6.18 Å². The molecule has 0 atom stereocenters. The van der Waals surface area contributed by atoms with Gasteiger partial charge in [-0.15, -0.1) is 0 Å². The van der Waals surface area contributed by atoms with Crippen LogP contribution in [0.3, 0.4) is 0 Å². The number of nitrogens with one attached hydrogen (secondary N) is 1. The first-order chi connectivity index (χ1) is 16.8. The zero-order valence-electron chi connectivity index (χ0n) is 18.8. The van der Waals surface area contributed by atoms with Gasteiger partial charge in [0.1, 0.15) is 5.82 Å². The lowest BCUT2D eigenvalue weighted by molar-refractivity contribution is -0.137. The minimum atomic E-state index is -4.49. The number of fused-ring (bicyclic) bond motifs is 1. The second kappa shape index (κ2) is 8.94. The summed E-state index contributed by atoms with van der Waals surface area (Å²) >= 11 is 0. The van der Waals surface area contributed by atoms with Crippen LogP contribution in [0.2, 0.25) is 0 Å². The molecule has 4 aromatic rings. The van der Waals surface area contributed by atoms with Gasteiger partial charge in [-0.3, -0.25) is 4.79 Å². The van der Waals surface area contributed by atoms with Crippen LogP contribution < -0.4 is 10.1 Å². The van der Waals surface area contributed by atoms with E-state index in [4.69, 9.17) is 9.72 Å². The molecule has 1 aliphatic rings. The average Bonchev–Trinajstić information content (AvgIpc) is 3.48. The first kappa shape index (κ1) is 22.7. The molecule has 2 aromatic carbocycles. The van der Waals surface area contributed by atoms with Crippen LogP contribution in [0.15, 0.2) is 60.9 Å². The van der Waals surface area contributed by atoms with Crippen molar-refractivity contribution in [1.82, 2.24) is 19.3 Å². The Morgan fingerprint density at radius 2 is 1.91 bits per heavy atom. The van der Waals surface area contributed by atoms with Crippen molar-refractivity contribution in [3.8, 4) is 22.7 Å². The molecule has 0 saturated heterocycles. The fourth-order valence-corrected chi connectivity index (χ4v) is 4.12. The zero-order valence-corrected chi connectivity index (χ0v) is 18.8. The van der Waals surface area contributed by atoms with Gasteiger partial charge < -0.3 is 14.6 Å². The topological polar surface area (TPSA) is 74.0 Å². The Balaban J connectivity index is 1.39. The van der Waals surface area contributed by atoms with Crippen LogP contribution in [0, 0.1) is 0 Å². The number of hydrogen-bond acceptors (Lipinski definition) is 4. The molecule has 3 heterocycles. The van der Waals surface area contributed by atoms with Gasteiger partial charge in [0, 0.05) is 30.4 Å². The van der Waals surface area contributed by atoms with Gasteiger partial charge in [0.15, 0.2) is 11.4 Å².